The number of phenolic OH excluding ortho intramolecular Hbond substituents is 1. The number of imidazole rings is 2. The molecule has 7 heteroatoms. The third kappa shape index (κ3) is 7.72. The first-order valence-corrected chi connectivity index (χ1v) is 22.0. The van der Waals surface area contributed by atoms with Gasteiger partial charge in [-0.1, -0.05) is 179 Å². The number of hydrogen-bond donors (Lipinski definition) is 1. The zero-order valence-corrected chi connectivity index (χ0v) is 41.3. The van der Waals surface area contributed by atoms with Gasteiger partial charge in [-0.25, -0.2) is 4.98 Å². The van der Waals surface area contributed by atoms with Crippen LogP contribution in [0, 0.1) is 12.4 Å². The van der Waals surface area contributed by atoms with Crippen LogP contribution in [0.25, 0.3) is 72.7 Å². The molecule has 3 aromatic heterocycles. The van der Waals surface area contributed by atoms with E-state index in [4.69, 9.17) is 9.10 Å². The van der Waals surface area contributed by atoms with Crippen molar-refractivity contribution in [2.24, 2.45) is 6.98 Å². The number of rotatable bonds is 5. The summed E-state index contributed by atoms with van der Waals surface area (Å²) in [5.41, 5.74) is 12.0. The summed E-state index contributed by atoms with van der Waals surface area (Å²) < 4.78 is 32.7. The zero-order chi connectivity index (χ0) is 47.5. The maximum absolute atomic E-state index is 12.7. The SMILES string of the molecule is [2H]C([2H])([2H])[n+]1[c-]n(-c2[c-]c(-n3c4ccccc4c4c3nc(-c3cc(C(C)(C)C)cc(C(C)(C)C)c3O)n4-c3ccc(C(C)(C)C)cc3-c3ccccc3)cc(C(C)(C)C)c2)c2ccccc21.[Pt+2]. The summed E-state index contributed by atoms with van der Waals surface area (Å²) in [5.74, 6) is 0.818. The van der Waals surface area contributed by atoms with Gasteiger partial charge in [0.15, 0.2) is 11.5 Å². The van der Waals surface area contributed by atoms with Gasteiger partial charge in [0.05, 0.1) is 38.9 Å². The number of aryl methyl sites for hydroxylation is 1. The van der Waals surface area contributed by atoms with E-state index in [1.165, 1.54) is 10.1 Å². The van der Waals surface area contributed by atoms with Crippen molar-refractivity contribution < 1.29 is 34.9 Å². The molecule has 0 aliphatic carbocycles. The van der Waals surface area contributed by atoms with Crippen LogP contribution < -0.4 is 4.57 Å². The summed E-state index contributed by atoms with van der Waals surface area (Å²) >= 11 is 0. The average molecular weight is 1030 g/mol. The molecule has 0 radical (unpaired) electrons. The quantitative estimate of drug-likeness (QED) is 0.138. The molecule has 0 spiro atoms. The number of phenols is 1. The number of aromatic hydroxyl groups is 1. The average Bonchev–Trinajstić information content (AvgIpc) is 3.92. The van der Waals surface area contributed by atoms with Crippen LogP contribution in [0.2, 0.25) is 0 Å². The predicted molar refractivity (Wildman–Crippen MR) is 261 cm³/mol. The van der Waals surface area contributed by atoms with Gasteiger partial charge in [0.1, 0.15) is 11.3 Å². The van der Waals surface area contributed by atoms with Gasteiger partial charge in [0.25, 0.3) is 0 Å². The molecule has 9 rings (SSSR count). The summed E-state index contributed by atoms with van der Waals surface area (Å²) in [6.07, 6.45) is 3.19. The number of para-hydroxylation sites is 3. The molecule has 3 heterocycles. The van der Waals surface area contributed by atoms with Gasteiger partial charge in [-0.2, -0.15) is 17.7 Å². The first-order chi connectivity index (χ1) is 30.8. The summed E-state index contributed by atoms with van der Waals surface area (Å²) in [6, 6.07) is 45.4. The topological polar surface area (TPSA) is 51.8 Å². The van der Waals surface area contributed by atoms with Crippen LogP contribution in [-0.2, 0) is 49.7 Å². The zero-order valence-electron chi connectivity index (χ0n) is 42.0. The number of aromatic nitrogens is 5. The fourth-order valence-corrected chi connectivity index (χ4v) is 8.75. The van der Waals surface area contributed by atoms with E-state index in [-0.39, 0.29) is 48.5 Å². The van der Waals surface area contributed by atoms with Crippen LogP contribution in [0.3, 0.4) is 0 Å². The van der Waals surface area contributed by atoms with Gasteiger partial charge < -0.3 is 18.8 Å². The smallest absolute Gasteiger partial charge is 0.507 e. The number of hydrogen-bond acceptors (Lipinski definition) is 2. The van der Waals surface area contributed by atoms with Crippen molar-refractivity contribution in [3.63, 3.8) is 0 Å². The Morgan fingerprint density at radius 3 is 1.84 bits per heavy atom. The third-order valence-electron chi connectivity index (χ3n) is 12.4. The summed E-state index contributed by atoms with van der Waals surface area (Å²) in [7, 11) is 0. The van der Waals surface area contributed by atoms with E-state index in [0.29, 0.717) is 33.8 Å². The molecule has 328 valence electrons. The molecule has 9 aromatic rings. The number of fused-ring (bicyclic) bond motifs is 4. The van der Waals surface area contributed by atoms with Crippen LogP contribution in [0.4, 0.5) is 0 Å². The van der Waals surface area contributed by atoms with E-state index in [0.717, 1.165) is 55.6 Å². The van der Waals surface area contributed by atoms with Gasteiger partial charge in [-0.15, -0.1) is 6.07 Å². The van der Waals surface area contributed by atoms with Crippen LogP contribution in [-0.4, -0.2) is 23.8 Å². The molecule has 1 N–H and O–H groups in total. The molecule has 0 aliphatic rings. The molecule has 0 amide bonds. The normalized spacial score (nSPS) is 13.6. The Kier molecular flexibility index (Phi) is 10.1. The fourth-order valence-electron chi connectivity index (χ4n) is 8.75. The molecular formula is C57H60N5OPt+. The van der Waals surface area contributed by atoms with E-state index < -0.39 is 6.98 Å². The number of nitrogens with zero attached hydrogens (tertiary/aromatic N) is 5. The molecule has 0 atom stereocenters. The van der Waals surface area contributed by atoms with Crippen LogP contribution in [0.15, 0.2) is 121 Å². The maximum atomic E-state index is 12.7. The minimum atomic E-state index is -2.45. The predicted octanol–water partition coefficient (Wildman–Crippen LogP) is 13.6. The van der Waals surface area contributed by atoms with Gasteiger partial charge >= 0.3 is 21.1 Å². The summed E-state index contributed by atoms with van der Waals surface area (Å²) in [6.45, 7) is 23.8. The summed E-state index contributed by atoms with van der Waals surface area (Å²) in [4.78, 5) is 5.72. The molecule has 0 unspecified atom stereocenters. The molecule has 0 aliphatic heterocycles. The second-order valence-electron chi connectivity index (χ2n) is 21.2. The van der Waals surface area contributed by atoms with E-state index >= 15 is 0 Å². The van der Waals surface area contributed by atoms with Crippen molar-refractivity contribution in [2.75, 3.05) is 0 Å². The largest absolute Gasteiger partial charge is 2.00 e. The molecule has 0 saturated carbocycles. The third-order valence-corrected chi connectivity index (χ3v) is 12.4. The maximum Gasteiger partial charge on any atom is 2.00 e. The Hall–Kier alpha value is -5.71. The van der Waals surface area contributed by atoms with Crippen molar-refractivity contribution in [2.45, 2.75) is 105 Å². The second kappa shape index (κ2) is 15.8. The fraction of sp³-hybridized carbons (Fsp3) is 0.298. The second-order valence-corrected chi connectivity index (χ2v) is 21.2. The first-order valence-electron chi connectivity index (χ1n) is 23.5. The minimum absolute atomic E-state index is 0. The van der Waals surface area contributed by atoms with Crippen LogP contribution in [0.5, 0.6) is 5.75 Å². The Morgan fingerprint density at radius 1 is 0.594 bits per heavy atom. The molecular weight excluding hydrogens is 966 g/mol. The van der Waals surface area contributed by atoms with Crippen molar-refractivity contribution in [3.05, 3.63) is 156 Å². The van der Waals surface area contributed by atoms with E-state index in [9.17, 15) is 5.11 Å². The first kappa shape index (κ1) is 41.0. The Labute approximate surface area is 397 Å². The van der Waals surface area contributed by atoms with Crippen molar-refractivity contribution in [3.8, 4) is 45.3 Å². The van der Waals surface area contributed by atoms with E-state index in [2.05, 4.69) is 190 Å². The minimum Gasteiger partial charge on any atom is -0.507 e. The molecule has 6 aromatic carbocycles. The van der Waals surface area contributed by atoms with Crippen molar-refractivity contribution >= 4 is 33.1 Å². The van der Waals surface area contributed by atoms with Gasteiger partial charge in [-0.3, -0.25) is 4.57 Å². The van der Waals surface area contributed by atoms with Gasteiger partial charge in [0, 0.05) is 16.5 Å². The van der Waals surface area contributed by atoms with E-state index in [1.54, 1.807) is 4.57 Å². The molecule has 64 heavy (non-hydrogen) atoms. The summed E-state index contributed by atoms with van der Waals surface area (Å²) in [5, 5.41) is 13.6. The van der Waals surface area contributed by atoms with Gasteiger partial charge in [-0.05, 0) is 62.6 Å². The Bertz CT molecular complexity index is 3350. The number of benzene rings is 6. The monoisotopic (exact) mass is 1030 g/mol. The van der Waals surface area contributed by atoms with E-state index in [1.807, 2.05) is 36.4 Å². The Morgan fingerprint density at radius 2 is 1.19 bits per heavy atom. The van der Waals surface area contributed by atoms with Crippen molar-refractivity contribution in [1.29, 1.82) is 0 Å². The Balaban J connectivity index is 0.00000608. The molecule has 0 saturated heterocycles. The molecule has 6 nitrogen and oxygen atoms in total. The molecule has 0 bridgehead atoms. The molecule has 0 fully saturated rings. The van der Waals surface area contributed by atoms with Crippen LogP contribution in [0.1, 0.15) is 109 Å². The van der Waals surface area contributed by atoms with Gasteiger partial charge in [0.2, 0.25) is 6.33 Å². The van der Waals surface area contributed by atoms with Crippen molar-refractivity contribution in [1.82, 2.24) is 18.7 Å². The van der Waals surface area contributed by atoms with Crippen LogP contribution >= 0.6 is 0 Å². The standard InChI is InChI=1S/C57H60N5O.Pt/c1-54(2,3)37-27-28-47(43(31-37)36-21-15-14-16-22-36)62-50-42-23-17-18-24-46(42)61(53(50)58-52(62)44-32-39(56(7,8)9)33-45(51(44)63)57(10,11)12)41-30-38(55(4,5)6)29-40(34-41)60-35-59(13)48-25-19-20-26-49(48)60;/h14-33,63H,1-13H3;/q-1;+2/i13D3;.